The van der Waals surface area contributed by atoms with Crippen LogP contribution < -0.4 is 4.90 Å². The molecule has 25 heavy (non-hydrogen) atoms. The van der Waals surface area contributed by atoms with Crippen molar-refractivity contribution in [3.05, 3.63) is 33.9 Å². The zero-order valence-electron chi connectivity index (χ0n) is 15.0. The molecule has 3 rings (SSSR count). The predicted molar refractivity (Wildman–Crippen MR) is 95.0 cm³/mol. The van der Waals surface area contributed by atoms with Crippen LogP contribution in [0.3, 0.4) is 0 Å². The van der Waals surface area contributed by atoms with Gasteiger partial charge in [0.15, 0.2) is 0 Å². The second-order valence-electron chi connectivity index (χ2n) is 7.71. The van der Waals surface area contributed by atoms with Crippen LogP contribution in [0, 0.1) is 10.1 Å². The van der Waals surface area contributed by atoms with Crippen molar-refractivity contribution in [1.82, 2.24) is 4.90 Å². The zero-order chi connectivity index (χ0) is 18.2. The Labute approximate surface area is 147 Å². The summed E-state index contributed by atoms with van der Waals surface area (Å²) in [7, 11) is 0. The van der Waals surface area contributed by atoms with E-state index in [0.29, 0.717) is 19.1 Å². The molecule has 0 aromatic heterocycles. The lowest BCUT2D eigenvalue weighted by Gasteiger charge is -2.38. The lowest BCUT2D eigenvalue weighted by atomic mass is 10.0. The molecular weight excluding hydrogens is 322 g/mol. The molecule has 1 aromatic carbocycles. The van der Waals surface area contributed by atoms with E-state index < -0.39 is 5.60 Å². The van der Waals surface area contributed by atoms with Crippen LogP contribution in [-0.4, -0.2) is 47.2 Å². The van der Waals surface area contributed by atoms with E-state index in [1.165, 1.54) is 0 Å². The number of nitro benzene ring substituents is 1. The molecule has 0 atom stereocenters. The van der Waals surface area contributed by atoms with Crippen LogP contribution in [0.2, 0.25) is 0 Å². The number of amides is 1. The van der Waals surface area contributed by atoms with Crippen LogP contribution in [0.4, 0.5) is 16.2 Å². The molecule has 2 aliphatic rings. The summed E-state index contributed by atoms with van der Waals surface area (Å²) in [6, 6.07) is 5.49. The normalized spacial score (nSPS) is 18.2. The number of piperidine rings is 1. The highest BCUT2D eigenvalue weighted by atomic mass is 16.6. The smallest absolute Gasteiger partial charge is 0.410 e. The Kier molecular flexibility index (Phi) is 4.58. The molecule has 0 bridgehead atoms. The third-order valence-electron chi connectivity index (χ3n) is 4.76. The zero-order valence-corrected chi connectivity index (χ0v) is 15.0. The van der Waals surface area contributed by atoms with E-state index in [-0.39, 0.29) is 16.7 Å². The van der Waals surface area contributed by atoms with Gasteiger partial charge in [0.1, 0.15) is 5.60 Å². The first-order valence-corrected chi connectivity index (χ1v) is 8.76. The molecule has 0 spiro atoms. The van der Waals surface area contributed by atoms with Gasteiger partial charge >= 0.3 is 6.09 Å². The van der Waals surface area contributed by atoms with Gasteiger partial charge in [-0.1, -0.05) is 0 Å². The molecule has 0 N–H and O–H groups in total. The van der Waals surface area contributed by atoms with Crippen LogP contribution in [0.15, 0.2) is 18.2 Å². The summed E-state index contributed by atoms with van der Waals surface area (Å²) in [6.07, 6.45) is 2.36. The molecule has 0 saturated carbocycles. The second-order valence-corrected chi connectivity index (χ2v) is 7.71. The van der Waals surface area contributed by atoms with Gasteiger partial charge in [0.05, 0.1) is 4.92 Å². The number of carbonyl (C=O) groups excluding carboxylic acids is 1. The number of rotatable bonds is 2. The van der Waals surface area contributed by atoms with Crippen molar-refractivity contribution >= 4 is 17.5 Å². The SMILES string of the molecule is CC(C)(C)OC(=O)N1CCC(N2CCc3cc([N+](=O)[O-])ccc32)CC1. The first-order chi connectivity index (χ1) is 11.7. The minimum Gasteiger partial charge on any atom is -0.444 e. The average molecular weight is 347 g/mol. The number of ether oxygens (including phenoxy) is 1. The number of likely N-dealkylation sites (tertiary alicyclic amines) is 1. The predicted octanol–water partition coefficient (Wildman–Crippen LogP) is 3.36. The number of hydrogen-bond acceptors (Lipinski definition) is 5. The van der Waals surface area contributed by atoms with Crippen LogP contribution >= 0.6 is 0 Å². The molecule has 0 radical (unpaired) electrons. The van der Waals surface area contributed by atoms with E-state index in [1.807, 2.05) is 26.8 Å². The monoisotopic (exact) mass is 347 g/mol. The highest BCUT2D eigenvalue weighted by Gasteiger charge is 2.32. The fourth-order valence-electron chi connectivity index (χ4n) is 3.59. The average Bonchev–Trinajstić information content (AvgIpc) is 2.96. The van der Waals surface area contributed by atoms with Gasteiger partial charge in [0.25, 0.3) is 5.69 Å². The maximum Gasteiger partial charge on any atom is 0.410 e. The Balaban J connectivity index is 1.62. The summed E-state index contributed by atoms with van der Waals surface area (Å²) in [5.74, 6) is 0. The second kappa shape index (κ2) is 6.54. The van der Waals surface area contributed by atoms with E-state index in [2.05, 4.69) is 4.90 Å². The molecule has 7 nitrogen and oxygen atoms in total. The largest absolute Gasteiger partial charge is 0.444 e. The standard InChI is InChI=1S/C18H25N3O4/c1-18(2,3)25-17(22)19-9-7-14(8-10-19)20-11-6-13-12-15(21(23)24)4-5-16(13)20/h4-5,12,14H,6-11H2,1-3H3. The van der Waals surface area contributed by atoms with Gasteiger partial charge in [-0.15, -0.1) is 0 Å². The molecule has 1 fully saturated rings. The van der Waals surface area contributed by atoms with Gasteiger partial charge in [-0.3, -0.25) is 10.1 Å². The molecule has 7 heteroatoms. The van der Waals surface area contributed by atoms with E-state index in [1.54, 1.807) is 17.0 Å². The lowest BCUT2D eigenvalue weighted by Crippen LogP contribution is -2.47. The summed E-state index contributed by atoms with van der Waals surface area (Å²) < 4.78 is 5.44. The number of carbonyl (C=O) groups is 1. The Hall–Kier alpha value is -2.31. The van der Waals surface area contributed by atoms with Gasteiger partial charge in [-0.05, 0) is 51.7 Å². The molecule has 2 aliphatic heterocycles. The highest BCUT2D eigenvalue weighted by molar-refractivity contribution is 5.68. The van der Waals surface area contributed by atoms with Crippen molar-refractivity contribution in [3.8, 4) is 0 Å². The van der Waals surface area contributed by atoms with E-state index in [0.717, 1.165) is 37.1 Å². The van der Waals surface area contributed by atoms with E-state index in [4.69, 9.17) is 4.74 Å². The summed E-state index contributed by atoms with van der Waals surface area (Å²) in [5.41, 5.74) is 1.82. The van der Waals surface area contributed by atoms with Crippen molar-refractivity contribution in [2.75, 3.05) is 24.5 Å². The van der Waals surface area contributed by atoms with Gasteiger partial charge in [0, 0.05) is 43.5 Å². The van der Waals surface area contributed by atoms with E-state index >= 15 is 0 Å². The number of fused-ring (bicyclic) bond motifs is 1. The van der Waals surface area contributed by atoms with Crippen molar-refractivity contribution < 1.29 is 14.5 Å². The van der Waals surface area contributed by atoms with Crippen LogP contribution in [0.25, 0.3) is 0 Å². The maximum atomic E-state index is 12.2. The molecule has 2 heterocycles. The molecule has 1 amide bonds. The Morgan fingerprint density at radius 1 is 1.24 bits per heavy atom. The Bertz CT molecular complexity index is 675. The van der Waals surface area contributed by atoms with Crippen molar-refractivity contribution in [1.29, 1.82) is 0 Å². The van der Waals surface area contributed by atoms with Crippen molar-refractivity contribution in [2.45, 2.75) is 51.7 Å². The van der Waals surface area contributed by atoms with Gasteiger partial charge < -0.3 is 14.5 Å². The summed E-state index contributed by atoms with van der Waals surface area (Å²) in [5, 5.41) is 10.9. The third-order valence-corrected chi connectivity index (χ3v) is 4.76. The fraction of sp³-hybridized carbons (Fsp3) is 0.611. The lowest BCUT2D eigenvalue weighted by molar-refractivity contribution is -0.384. The molecular formula is C18H25N3O4. The quantitative estimate of drug-likeness (QED) is 0.606. The van der Waals surface area contributed by atoms with E-state index in [9.17, 15) is 14.9 Å². The van der Waals surface area contributed by atoms with Gasteiger partial charge in [0.2, 0.25) is 0 Å². The number of nitro groups is 1. The Morgan fingerprint density at radius 2 is 1.92 bits per heavy atom. The van der Waals surface area contributed by atoms with Gasteiger partial charge in [-0.25, -0.2) is 4.79 Å². The topological polar surface area (TPSA) is 75.9 Å². The summed E-state index contributed by atoms with van der Waals surface area (Å²) >= 11 is 0. The number of non-ortho nitro benzene ring substituents is 1. The number of hydrogen-bond donors (Lipinski definition) is 0. The molecule has 0 aliphatic carbocycles. The summed E-state index contributed by atoms with van der Waals surface area (Å²) in [4.78, 5) is 26.9. The molecule has 0 unspecified atom stereocenters. The van der Waals surface area contributed by atoms with Crippen LogP contribution in [-0.2, 0) is 11.2 Å². The summed E-state index contributed by atoms with van der Waals surface area (Å²) in [6.45, 7) is 7.86. The maximum absolute atomic E-state index is 12.2. The van der Waals surface area contributed by atoms with Gasteiger partial charge in [-0.2, -0.15) is 0 Å². The molecule has 1 saturated heterocycles. The van der Waals surface area contributed by atoms with Crippen LogP contribution in [0.1, 0.15) is 39.2 Å². The molecule has 1 aromatic rings. The number of anilines is 1. The van der Waals surface area contributed by atoms with Crippen LogP contribution in [0.5, 0.6) is 0 Å². The first-order valence-electron chi connectivity index (χ1n) is 8.76. The molecule has 136 valence electrons. The first kappa shape index (κ1) is 17.5. The fourth-order valence-corrected chi connectivity index (χ4v) is 3.59. The third kappa shape index (κ3) is 3.86. The van der Waals surface area contributed by atoms with Crippen molar-refractivity contribution in [3.63, 3.8) is 0 Å². The van der Waals surface area contributed by atoms with Crippen molar-refractivity contribution in [2.24, 2.45) is 0 Å². The number of benzene rings is 1. The highest BCUT2D eigenvalue weighted by Crippen LogP contribution is 2.35. The minimum absolute atomic E-state index is 0.153. The Morgan fingerprint density at radius 3 is 2.52 bits per heavy atom. The number of nitrogens with zero attached hydrogens (tertiary/aromatic N) is 3. The minimum atomic E-state index is -0.476.